The van der Waals surface area contributed by atoms with Gasteiger partial charge in [-0.3, -0.25) is 4.98 Å². The molecule has 100 valence electrons. The first-order valence-electron chi connectivity index (χ1n) is 5.78. The van der Waals surface area contributed by atoms with Crippen LogP contribution in [0.1, 0.15) is 0 Å². The van der Waals surface area contributed by atoms with Gasteiger partial charge >= 0.3 is 0 Å². The summed E-state index contributed by atoms with van der Waals surface area (Å²) in [5, 5.41) is 3.60. The van der Waals surface area contributed by atoms with Crippen LogP contribution in [0.15, 0.2) is 47.2 Å². The van der Waals surface area contributed by atoms with Crippen molar-refractivity contribution in [3.8, 4) is 22.5 Å². The van der Waals surface area contributed by atoms with Crippen LogP contribution in [0, 0.1) is 11.6 Å². The molecule has 0 saturated carbocycles. The van der Waals surface area contributed by atoms with Crippen LogP contribution < -0.4 is 5.73 Å². The van der Waals surface area contributed by atoms with E-state index in [0.29, 0.717) is 11.1 Å². The lowest BCUT2D eigenvalue weighted by molar-refractivity contribution is 0.430. The van der Waals surface area contributed by atoms with Gasteiger partial charge in [-0.25, -0.2) is 8.78 Å². The van der Waals surface area contributed by atoms with Crippen molar-refractivity contribution in [1.82, 2.24) is 10.1 Å². The Kier molecular flexibility index (Phi) is 2.90. The molecule has 0 aliphatic rings. The molecule has 0 unspecified atom stereocenters. The smallest absolute Gasteiger partial charge is 0.182 e. The lowest BCUT2D eigenvalue weighted by atomic mass is 10.0. The lowest BCUT2D eigenvalue weighted by Crippen LogP contribution is -1.92. The highest BCUT2D eigenvalue weighted by Crippen LogP contribution is 2.38. The molecule has 0 fully saturated rings. The summed E-state index contributed by atoms with van der Waals surface area (Å²) in [7, 11) is 0. The average Bonchev–Trinajstić information content (AvgIpc) is 2.81. The van der Waals surface area contributed by atoms with Crippen LogP contribution in [0.25, 0.3) is 22.5 Å². The van der Waals surface area contributed by atoms with Crippen molar-refractivity contribution in [2.75, 3.05) is 5.73 Å². The van der Waals surface area contributed by atoms with Gasteiger partial charge in [-0.05, 0) is 29.8 Å². The van der Waals surface area contributed by atoms with Crippen LogP contribution in [-0.4, -0.2) is 10.1 Å². The van der Waals surface area contributed by atoms with Crippen molar-refractivity contribution in [2.24, 2.45) is 0 Å². The second-order valence-corrected chi connectivity index (χ2v) is 4.10. The van der Waals surface area contributed by atoms with E-state index in [-0.39, 0.29) is 17.1 Å². The summed E-state index contributed by atoms with van der Waals surface area (Å²) in [6.45, 7) is 0. The molecule has 0 radical (unpaired) electrons. The molecule has 2 aromatic heterocycles. The minimum atomic E-state index is -0.739. The number of rotatable bonds is 2. The molecular formula is C14H9F2N3O. The quantitative estimate of drug-likeness (QED) is 0.778. The van der Waals surface area contributed by atoms with Gasteiger partial charge in [-0.15, -0.1) is 0 Å². The Bertz CT molecular complexity index is 736. The van der Waals surface area contributed by atoms with Crippen molar-refractivity contribution >= 4 is 5.82 Å². The molecule has 0 bridgehead atoms. The maximum Gasteiger partial charge on any atom is 0.182 e. The SMILES string of the molecule is Nc1noc(-c2c(F)cccc2F)c1-c1ccncc1. The van der Waals surface area contributed by atoms with E-state index < -0.39 is 11.6 Å². The van der Waals surface area contributed by atoms with Crippen LogP contribution >= 0.6 is 0 Å². The molecular weight excluding hydrogens is 264 g/mol. The first-order valence-corrected chi connectivity index (χ1v) is 5.78. The third kappa shape index (κ3) is 1.91. The first kappa shape index (κ1) is 12.3. The molecule has 0 spiro atoms. The maximum absolute atomic E-state index is 13.9. The highest BCUT2D eigenvalue weighted by atomic mass is 19.1. The van der Waals surface area contributed by atoms with Crippen LogP contribution in [0.2, 0.25) is 0 Å². The second kappa shape index (κ2) is 4.73. The Balaban J connectivity index is 2.27. The van der Waals surface area contributed by atoms with Crippen LogP contribution in [0.4, 0.5) is 14.6 Å². The van der Waals surface area contributed by atoms with Crippen LogP contribution in [0.3, 0.4) is 0 Å². The molecule has 2 heterocycles. The van der Waals surface area contributed by atoms with E-state index in [2.05, 4.69) is 10.1 Å². The van der Waals surface area contributed by atoms with Gasteiger partial charge in [-0.1, -0.05) is 11.2 Å². The van der Waals surface area contributed by atoms with Gasteiger partial charge in [-0.2, -0.15) is 0 Å². The zero-order valence-electron chi connectivity index (χ0n) is 10.2. The van der Waals surface area contributed by atoms with E-state index in [0.717, 1.165) is 12.1 Å². The molecule has 4 nitrogen and oxygen atoms in total. The van der Waals surface area contributed by atoms with Gasteiger partial charge < -0.3 is 10.3 Å². The van der Waals surface area contributed by atoms with Gasteiger partial charge in [0.25, 0.3) is 0 Å². The fourth-order valence-corrected chi connectivity index (χ4v) is 1.99. The maximum atomic E-state index is 13.9. The van der Waals surface area contributed by atoms with Crippen molar-refractivity contribution < 1.29 is 13.3 Å². The molecule has 20 heavy (non-hydrogen) atoms. The summed E-state index contributed by atoms with van der Waals surface area (Å²) in [6.07, 6.45) is 3.09. The molecule has 6 heteroatoms. The number of nitrogens with two attached hydrogens (primary N) is 1. The topological polar surface area (TPSA) is 64.9 Å². The van der Waals surface area contributed by atoms with E-state index in [4.69, 9.17) is 10.3 Å². The minimum Gasteiger partial charge on any atom is -0.380 e. The van der Waals surface area contributed by atoms with E-state index >= 15 is 0 Å². The summed E-state index contributed by atoms with van der Waals surface area (Å²) in [5.74, 6) is -1.45. The summed E-state index contributed by atoms with van der Waals surface area (Å²) >= 11 is 0. The zero-order chi connectivity index (χ0) is 14.1. The molecule has 1 aromatic carbocycles. The minimum absolute atomic E-state index is 0.0377. The number of nitrogens with zero attached hydrogens (tertiary/aromatic N) is 2. The molecule has 0 aliphatic carbocycles. The molecule has 0 aliphatic heterocycles. The Morgan fingerprint density at radius 3 is 2.25 bits per heavy atom. The molecule has 0 saturated heterocycles. The van der Waals surface area contributed by atoms with Crippen molar-refractivity contribution in [3.05, 3.63) is 54.4 Å². The monoisotopic (exact) mass is 273 g/mol. The Hall–Kier alpha value is -2.76. The van der Waals surface area contributed by atoms with Gasteiger partial charge in [0.05, 0.1) is 11.1 Å². The highest BCUT2D eigenvalue weighted by molar-refractivity contribution is 5.86. The van der Waals surface area contributed by atoms with Gasteiger partial charge in [0.2, 0.25) is 0 Å². The summed E-state index contributed by atoms with van der Waals surface area (Å²) in [5.41, 5.74) is 6.42. The third-order valence-electron chi connectivity index (χ3n) is 2.88. The summed E-state index contributed by atoms with van der Waals surface area (Å²) < 4.78 is 32.7. The zero-order valence-corrected chi connectivity index (χ0v) is 10.2. The predicted octanol–water partition coefficient (Wildman–Crippen LogP) is 3.26. The van der Waals surface area contributed by atoms with Crippen molar-refractivity contribution in [3.63, 3.8) is 0 Å². The van der Waals surface area contributed by atoms with E-state index in [1.54, 1.807) is 24.5 Å². The lowest BCUT2D eigenvalue weighted by Gasteiger charge is -2.04. The van der Waals surface area contributed by atoms with Crippen LogP contribution in [0.5, 0.6) is 0 Å². The predicted molar refractivity (Wildman–Crippen MR) is 69.5 cm³/mol. The van der Waals surface area contributed by atoms with Crippen molar-refractivity contribution in [2.45, 2.75) is 0 Å². The Labute approximate surface area is 112 Å². The number of nitrogen functional groups attached to an aromatic ring is 1. The number of benzene rings is 1. The Morgan fingerprint density at radius 1 is 0.950 bits per heavy atom. The molecule has 0 atom stereocenters. The molecule has 2 N–H and O–H groups in total. The average molecular weight is 273 g/mol. The summed E-state index contributed by atoms with van der Waals surface area (Å²) in [6, 6.07) is 6.89. The second-order valence-electron chi connectivity index (χ2n) is 4.10. The standard InChI is InChI=1S/C14H9F2N3O/c15-9-2-1-3-10(16)12(9)13-11(14(17)19-20-13)8-4-6-18-7-5-8/h1-7H,(H2,17,19). The van der Waals surface area contributed by atoms with Gasteiger partial charge in [0.1, 0.15) is 11.6 Å². The molecule has 0 amide bonds. The van der Waals surface area contributed by atoms with E-state index in [1.807, 2.05) is 0 Å². The fraction of sp³-hybridized carbons (Fsp3) is 0. The van der Waals surface area contributed by atoms with Crippen molar-refractivity contribution in [1.29, 1.82) is 0 Å². The van der Waals surface area contributed by atoms with E-state index in [9.17, 15) is 8.78 Å². The Morgan fingerprint density at radius 2 is 1.60 bits per heavy atom. The van der Waals surface area contributed by atoms with E-state index in [1.165, 1.54) is 6.07 Å². The molecule has 3 rings (SSSR count). The highest BCUT2D eigenvalue weighted by Gasteiger charge is 2.23. The number of hydrogen-bond donors (Lipinski definition) is 1. The first-order chi connectivity index (χ1) is 9.68. The number of hydrogen-bond acceptors (Lipinski definition) is 4. The van der Waals surface area contributed by atoms with Gasteiger partial charge in [0, 0.05) is 12.4 Å². The number of anilines is 1. The molecule has 3 aromatic rings. The normalized spacial score (nSPS) is 10.7. The largest absolute Gasteiger partial charge is 0.380 e. The van der Waals surface area contributed by atoms with Crippen LogP contribution in [-0.2, 0) is 0 Å². The number of aromatic nitrogens is 2. The number of halogens is 2. The number of pyridine rings is 1. The summed E-state index contributed by atoms with van der Waals surface area (Å²) in [4.78, 5) is 3.88. The third-order valence-corrected chi connectivity index (χ3v) is 2.88. The van der Waals surface area contributed by atoms with Gasteiger partial charge in [0.15, 0.2) is 11.6 Å². The fourth-order valence-electron chi connectivity index (χ4n) is 1.99.